The van der Waals surface area contributed by atoms with Crippen molar-refractivity contribution in [3.05, 3.63) is 26.7 Å². The minimum Gasteiger partial charge on any atom is -0.373 e. The largest absolute Gasteiger partial charge is 0.373 e. The van der Waals surface area contributed by atoms with Gasteiger partial charge in [-0.15, -0.1) is 0 Å². The highest BCUT2D eigenvalue weighted by molar-refractivity contribution is 5.82. The molecule has 0 unspecified atom stereocenters. The van der Waals surface area contributed by atoms with Crippen molar-refractivity contribution < 1.29 is 9.53 Å². The minimum atomic E-state index is -0.550. The molecule has 9 nitrogen and oxygen atoms in total. The molecule has 0 saturated carbocycles. The highest BCUT2D eigenvalue weighted by Crippen LogP contribution is 2.21. The van der Waals surface area contributed by atoms with Gasteiger partial charge in [-0.3, -0.25) is 23.6 Å². The molecular formula is C18H27N5O4. The van der Waals surface area contributed by atoms with Crippen molar-refractivity contribution in [1.82, 2.24) is 23.6 Å². The van der Waals surface area contributed by atoms with Crippen molar-refractivity contribution in [1.29, 1.82) is 0 Å². The van der Waals surface area contributed by atoms with Gasteiger partial charge < -0.3 is 9.30 Å². The molecule has 1 aliphatic rings. The van der Waals surface area contributed by atoms with Crippen molar-refractivity contribution in [3.63, 3.8) is 0 Å². The average Bonchev–Trinajstić information content (AvgIpc) is 2.95. The van der Waals surface area contributed by atoms with Gasteiger partial charge in [0.15, 0.2) is 16.9 Å². The van der Waals surface area contributed by atoms with Crippen molar-refractivity contribution in [2.75, 3.05) is 13.1 Å². The molecule has 0 aromatic carbocycles. The lowest BCUT2D eigenvalue weighted by Gasteiger charge is -2.35. The fourth-order valence-corrected chi connectivity index (χ4v) is 3.78. The number of carbonyl (C=O) groups excluding carboxylic acids is 1. The predicted molar refractivity (Wildman–Crippen MR) is 101 cm³/mol. The lowest BCUT2D eigenvalue weighted by molar-refractivity contribution is -0.119. The maximum Gasteiger partial charge on any atom is 0.332 e. The molecule has 0 N–H and O–H groups in total. The molecule has 3 rings (SSSR count). The van der Waals surface area contributed by atoms with Crippen molar-refractivity contribution in [3.8, 4) is 0 Å². The SMILES string of the molecule is CC(=O)[C@@H](C)n1c(CN2C[C@H](C)O[C@@H](C)C2)nc2c1c(=O)n(C)c(=O)n2C. The van der Waals surface area contributed by atoms with Crippen LogP contribution in [-0.2, 0) is 30.2 Å². The van der Waals surface area contributed by atoms with Gasteiger partial charge in [0.2, 0.25) is 0 Å². The maximum absolute atomic E-state index is 12.8. The molecule has 1 fully saturated rings. The molecule has 2 aromatic heterocycles. The van der Waals surface area contributed by atoms with E-state index in [1.54, 1.807) is 18.5 Å². The monoisotopic (exact) mass is 377 g/mol. The molecule has 0 spiro atoms. The second-order valence-electron chi connectivity index (χ2n) is 7.51. The lowest BCUT2D eigenvalue weighted by Crippen LogP contribution is -2.45. The second kappa shape index (κ2) is 7.05. The first-order chi connectivity index (χ1) is 12.6. The van der Waals surface area contributed by atoms with Crippen LogP contribution in [0, 0.1) is 0 Å². The summed E-state index contributed by atoms with van der Waals surface area (Å²) in [5, 5.41) is 0. The summed E-state index contributed by atoms with van der Waals surface area (Å²) < 4.78 is 9.87. The third-order valence-electron chi connectivity index (χ3n) is 5.20. The van der Waals surface area contributed by atoms with E-state index in [0.717, 1.165) is 17.7 Å². The number of imidazole rings is 1. The molecular weight excluding hydrogens is 350 g/mol. The standard InChI is InChI=1S/C18H27N5O4/c1-10-7-22(8-11(2)27-10)9-14-19-16-15(23(14)12(3)13(4)24)17(25)21(6)18(26)20(16)5/h10-12H,7-9H2,1-6H3/t10-,11-,12+/m0/s1. The summed E-state index contributed by atoms with van der Waals surface area (Å²) in [4.78, 5) is 44.0. The normalized spacial score (nSPS) is 22.3. The number of hydrogen-bond donors (Lipinski definition) is 0. The highest BCUT2D eigenvalue weighted by Gasteiger charge is 2.28. The summed E-state index contributed by atoms with van der Waals surface area (Å²) in [7, 11) is 3.02. The number of rotatable bonds is 4. The van der Waals surface area contributed by atoms with Gasteiger partial charge in [-0.1, -0.05) is 0 Å². The van der Waals surface area contributed by atoms with Gasteiger partial charge in [-0.2, -0.15) is 0 Å². The van der Waals surface area contributed by atoms with E-state index < -0.39 is 17.3 Å². The van der Waals surface area contributed by atoms with E-state index in [1.165, 1.54) is 18.5 Å². The zero-order chi connectivity index (χ0) is 20.0. The Balaban J connectivity index is 2.20. The van der Waals surface area contributed by atoms with E-state index in [-0.39, 0.29) is 23.5 Å². The molecule has 0 bridgehead atoms. The molecule has 148 valence electrons. The van der Waals surface area contributed by atoms with Gasteiger partial charge in [0, 0.05) is 27.2 Å². The summed E-state index contributed by atoms with van der Waals surface area (Å²) >= 11 is 0. The zero-order valence-electron chi connectivity index (χ0n) is 16.7. The average molecular weight is 377 g/mol. The summed E-state index contributed by atoms with van der Waals surface area (Å²) in [6, 6.07) is -0.550. The van der Waals surface area contributed by atoms with Crippen LogP contribution in [0.3, 0.4) is 0 Å². The maximum atomic E-state index is 12.8. The fourth-order valence-electron chi connectivity index (χ4n) is 3.78. The number of Topliss-reactive ketones (excluding diaryl/α,β-unsaturated/α-hetero) is 1. The number of nitrogens with zero attached hydrogens (tertiary/aromatic N) is 5. The van der Waals surface area contributed by atoms with E-state index in [0.29, 0.717) is 18.0 Å². The van der Waals surface area contributed by atoms with Crippen LogP contribution in [0.2, 0.25) is 0 Å². The number of ketones is 1. The minimum absolute atomic E-state index is 0.0739. The van der Waals surface area contributed by atoms with Gasteiger partial charge in [0.1, 0.15) is 5.82 Å². The van der Waals surface area contributed by atoms with Crippen molar-refractivity contribution >= 4 is 16.9 Å². The van der Waals surface area contributed by atoms with Crippen molar-refractivity contribution in [2.24, 2.45) is 14.1 Å². The summed E-state index contributed by atoms with van der Waals surface area (Å²) in [5.41, 5.74) is -0.288. The van der Waals surface area contributed by atoms with Gasteiger partial charge in [0.05, 0.1) is 24.8 Å². The molecule has 0 radical (unpaired) electrons. The predicted octanol–water partition coefficient (Wildman–Crippen LogP) is 0.193. The molecule has 1 aliphatic heterocycles. The Kier molecular flexibility index (Phi) is 5.09. The van der Waals surface area contributed by atoms with Crippen LogP contribution in [-0.4, -0.2) is 54.7 Å². The number of aromatic nitrogens is 4. The smallest absolute Gasteiger partial charge is 0.332 e. The fraction of sp³-hybridized carbons (Fsp3) is 0.667. The molecule has 3 atom stereocenters. The lowest BCUT2D eigenvalue weighted by atomic mass is 10.2. The highest BCUT2D eigenvalue weighted by atomic mass is 16.5. The third kappa shape index (κ3) is 3.37. The Morgan fingerprint density at radius 3 is 2.33 bits per heavy atom. The topological polar surface area (TPSA) is 91.4 Å². The van der Waals surface area contributed by atoms with E-state index in [2.05, 4.69) is 9.88 Å². The molecule has 1 saturated heterocycles. The Labute approximate surface area is 157 Å². The van der Waals surface area contributed by atoms with Crippen LogP contribution in [0.25, 0.3) is 11.2 Å². The van der Waals surface area contributed by atoms with Crippen LogP contribution >= 0.6 is 0 Å². The Morgan fingerprint density at radius 1 is 1.19 bits per heavy atom. The van der Waals surface area contributed by atoms with Gasteiger partial charge in [0.25, 0.3) is 5.56 Å². The Hall–Kier alpha value is -2.26. The Bertz CT molecular complexity index is 992. The number of aryl methyl sites for hydroxylation is 1. The first kappa shape index (κ1) is 19.5. The summed E-state index contributed by atoms with van der Waals surface area (Å²) in [6.07, 6.45) is 0.183. The van der Waals surface area contributed by atoms with Crippen LogP contribution in [0.15, 0.2) is 9.59 Å². The van der Waals surface area contributed by atoms with Gasteiger partial charge in [-0.05, 0) is 27.7 Å². The van der Waals surface area contributed by atoms with E-state index >= 15 is 0 Å². The van der Waals surface area contributed by atoms with Crippen LogP contribution < -0.4 is 11.2 Å². The first-order valence-electron chi connectivity index (χ1n) is 9.16. The number of fused-ring (bicyclic) bond motifs is 1. The number of ether oxygens (including phenoxy) is 1. The van der Waals surface area contributed by atoms with Crippen molar-refractivity contribution in [2.45, 2.75) is 52.5 Å². The summed E-state index contributed by atoms with van der Waals surface area (Å²) in [5.74, 6) is 0.530. The molecule has 0 aliphatic carbocycles. The third-order valence-corrected chi connectivity index (χ3v) is 5.20. The summed E-state index contributed by atoms with van der Waals surface area (Å²) in [6.45, 7) is 9.22. The van der Waals surface area contributed by atoms with Gasteiger partial charge in [-0.25, -0.2) is 9.78 Å². The van der Waals surface area contributed by atoms with E-state index in [9.17, 15) is 14.4 Å². The molecule has 3 heterocycles. The van der Waals surface area contributed by atoms with E-state index in [1.807, 2.05) is 13.8 Å². The molecule has 27 heavy (non-hydrogen) atoms. The number of hydrogen-bond acceptors (Lipinski definition) is 6. The molecule has 0 amide bonds. The second-order valence-corrected chi connectivity index (χ2v) is 7.51. The van der Waals surface area contributed by atoms with Crippen LogP contribution in [0.1, 0.15) is 39.6 Å². The van der Waals surface area contributed by atoms with Crippen LogP contribution in [0.5, 0.6) is 0 Å². The molecule has 2 aromatic rings. The Morgan fingerprint density at radius 2 is 1.78 bits per heavy atom. The zero-order valence-corrected chi connectivity index (χ0v) is 16.7. The molecule has 9 heteroatoms. The number of carbonyl (C=O) groups is 1. The quantitative estimate of drug-likeness (QED) is 0.756. The number of morpholine rings is 1. The van der Waals surface area contributed by atoms with Gasteiger partial charge >= 0.3 is 5.69 Å². The first-order valence-corrected chi connectivity index (χ1v) is 9.16. The van der Waals surface area contributed by atoms with Crippen LogP contribution in [0.4, 0.5) is 0 Å². The van der Waals surface area contributed by atoms with E-state index in [4.69, 9.17) is 4.74 Å².